The van der Waals surface area contributed by atoms with Crippen LogP contribution in [-0.4, -0.2) is 17.3 Å². The van der Waals surface area contributed by atoms with Crippen molar-refractivity contribution in [1.82, 2.24) is 0 Å². The third-order valence-electron chi connectivity index (χ3n) is 2.50. The molecule has 3 heteroatoms. The molecule has 0 spiro atoms. The lowest BCUT2D eigenvalue weighted by atomic mass is 10.2. The Hall–Kier alpha value is -0.960. The molecule has 1 aromatic rings. The Morgan fingerprint density at radius 3 is 2.80 bits per heavy atom. The molecular formula is C12H14O2S. The standard InChI is InChI=1S/C12H14O2S/c1-2-10-11(8-12(13)14-10)15-9-6-4-3-5-7-9/h3-7,10-11H,2,8H2,1H3/t10-,11+/m0/s1. The number of esters is 1. The molecule has 0 bridgehead atoms. The number of carbonyl (C=O) groups excluding carboxylic acids is 1. The number of rotatable bonds is 3. The molecule has 80 valence electrons. The number of benzene rings is 1. The Kier molecular flexibility index (Phi) is 3.31. The Balaban J connectivity index is 2.03. The zero-order valence-corrected chi connectivity index (χ0v) is 9.50. The third-order valence-corrected chi connectivity index (χ3v) is 3.82. The normalized spacial score (nSPS) is 25.3. The first-order chi connectivity index (χ1) is 7.29. The first-order valence-electron chi connectivity index (χ1n) is 5.20. The Morgan fingerprint density at radius 2 is 2.13 bits per heavy atom. The zero-order valence-electron chi connectivity index (χ0n) is 8.68. The number of ether oxygens (including phenoxy) is 1. The van der Waals surface area contributed by atoms with Crippen LogP contribution in [0.1, 0.15) is 19.8 Å². The van der Waals surface area contributed by atoms with Gasteiger partial charge >= 0.3 is 5.97 Å². The van der Waals surface area contributed by atoms with Crippen LogP contribution in [0.4, 0.5) is 0 Å². The van der Waals surface area contributed by atoms with Gasteiger partial charge in [0.05, 0.1) is 11.7 Å². The lowest BCUT2D eigenvalue weighted by Gasteiger charge is -2.14. The summed E-state index contributed by atoms with van der Waals surface area (Å²) >= 11 is 1.74. The minimum Gasteiger partial charge on any atom is -0.461 e. The highest BCUT2D eigenvalue weighted by molar-refractivity contribution is 8.00. The van der Waals surface area contributed by atoms with Gasteiger partial charge in [0.25, 0.3) is 0 Å². The first kappa shape index (κ1) is 10.6. The highest BCUT2D eigenvalue weighted by atomic mass is 32.2. The summed E-state index contributed by atoms with van der Waals surface area (Å²) < 4.78 is 5.24. The van der Waals surface area contributed by atoms with Gasteiger partial charge in [-0.3, -0.25) is 4.79 Å². The van der Waals surface area contributed by atoms with Gasteiger partial charge in [-0.25, -0.2) is 0 Å². The van der Waals surface area contributed by atoms with Crippen LogP contribution in [0, 0.1) is 0 Å². The van der Waals surface area contributed by atoms with Crippen molar-refractivity contribution in [1.29, 1.82) is 0 Å². The minimum atomic E-state index is -0.0599. The molecule has 2 nitrogen and oxygen atoms in total. The van der Waals surface area contributed by atoms with E-state index in [2.05, 4.69) is 19.1 Å². The number of cyclic esters (lactones) is 1. The fraction of sp³-hybridized carbons (Fsp3) is 0.417. The van der Waals surface area contributed by atoms with E-state index in [9.17, 15) is 4.79 Å². The second kappa shape index (κ2) is 4.71. The van der Waals surface area contributed by atoms with Crippen LogP contribution in [0.2, 0.25) is 0 Å². The van der Waals surface area contributed by atoms with Crippen molar-refractivity contribution >= 4 is 17.7 Å². The van der Waals surface area contributed by atoms with Gasteiger partial charge in [0.15, 0.2) is 0 Å². The van der Waals surface area contributed by atoms with E-state index >= 15 is 0 Å². The summed E-state index contributed by atoms with van der Waals surface area (Å²) in [7, 11) is 0. The van der Waals surface area contributed by atoms with Crippen molar-refractivity contribution in [3.05, 3.63) is 30.3 Å². The van der Waals surface area contributed by atoms with Gasteiger partial charge in [-0.1, -0.05) is 25.1 Å². The maximum atomic E-state index is 11.2. The number of hydrogen-bond acceptors (Lipinski definition) is 3. The molecule has 1 aliphatic heterocycles. The summed E-state index contributed by atoms with van der Waals surface area (Å²) in [6.07, 6.45) is 1.52. The maximum Gasteiger partial charge on any atom is 0.307 e. The average Bonchev–Trinajstić information content (AvgIpc) is 2.60. The molecule has 0 radical (unpaired) electrons. The minimum absolute atomic E-state index is 0.0599. The van der Waals surface area contributed by atoms with Gasteiger partial charge in [-0.15, -0.1) is 11.8 Å². The summed E-state index contributed by atoms with van der Waals surface area (Å²) in [5.41, 5.74) is 0. The van der Waals surface area contributed by atoms with Crippen LogP contribution in [0.3, 0.4) is 0 Å². The van der Waals surface area contributed by atoms with Crippen LogP contribution >= 0.6 is 11.8 Å². The van der Waals surface area contributed by atoms with E-state index in [0.717, 1.165) is 6.42 Å². The predicted molar refractivity (Wildman–Crippen MR) is 60.9 cm³/mol. The molecule has 15 heavy (non-hydrogen) atoms. The second-order valence-corrected chi connectivity index (χ2v) is 4.92. The highest BCUT2D eigenvalue weighted by Gasteiger charge is 2.33. The second-order valence-electron chi connectivity index (χ2n) is 3.61. The van der Waals surface area contributed by atoms with E-state index in [1.54, 1.807) is 11.8 Å². The monoisotopic (exact) mass is 222 g/mol. The molecule has 0 saturated carbocycles. The van der Waals surface area contributed by atoms with Crippen LogP contribution < -0.4 is 0 Å². The van der Waals surface area contributed by atoms with E-state index in [1.165, 1.54) is 4.90 Å². The van der Waals surface area contributed by atoms with Crippen molar-refractivity contribution in [2.45, 2.75) is 36.0 Å². The van der Waals surface area contributed by atoms with Crippen molar-refractivity contribution in [3.63, 3.8) is 0 Å². The molecule has 0 aromatic heterocycles. The van der Waals surface area contributed by atoms with Crippen molar-refractivity contribution < 1.29 is 9.53 Å². The Bertz CT molecular complexity index is 337. The van der Waals surface area contributed by atoms with Gasteiger partial charge in [0.1, 0.15) is 6.10 Å². The molecule has 0 amide bonds. The molecule has 0 unspecified atom stereocenters. The molecule has 1 aromatic carbocycles. The van der Waals surface area contributed by atoms with E-state index in [4.69, 9.17) is 4.74 Å². The van der Waals surface area contributed by atoms with E-state index in [1.807, 2.05) is 18.2 Å². The van der Waals surface area contributed by atoms with Crippen molar-refractivity contribution in [2.75, 3.05) is 0 Å². The fourth-order valence-corrected chi connectivity index (χ4v) is 3.01. The molecule has 0 aliphatic carbocycles. The molecule has 1 saturated heterocycles. The molecule has 2 rings (SSSR count). The van der Waals surface area contributed by atoms with Gasteiger partial charge in [0.2, 0.25) is 0 Å². The van der Waals surface area contributed by atoms with Crippen LogP contribution in [-0.2, 0) is 9.53 Å². The summed E-state index contributed by atoms with van der Waals surface area (Å²) in [5, 5.41) is 0.282. The van der Waals surface area contributed by atoms with Crippen LogP contribution in [0.15, 0.2) is 35.2 Å². The topological polar surface area (TPSA) is 26.3 Å². The lowest BCUT2D eigenvalue weighted by molar-refractivity contribution is -0.141. The quantitative estimate of drug-likeness (QED) is 0.736. The van der Waals surface area contributed by atoms with Crippen LogP contribution in [0.25, 0.3) is 0 Å². The van der Waals surface area contributed by atoms with Gasteiger partial charge < -0.3 is 4.74 Å². The number of thioether (sulfide) groups is 1. The first-order valence-corrected chi connectivity index (χ1v) is 6.08. The average molecular weight is 222 g/mol. The van der Waals surface area contributed by atoms with E-state index in [-0.39, 0.29) is 17.3 Å². The third kappa shape index (κ3) is 2.53. The SMILES string of the molecule is CC[C@@H]1OC(=O)C[C@H]1Sc1ccccc1. The maximum absolute atomic E-state index is 11.2. The lowest BCUT2D eigenvalue weighted by Crippen LogP contribution is -2.16. The summed E-state index contributed by atoms with van der Waals surface area (Å²) in [6, 6.07) is 10.2. The highest BCUT2D eigenvalue weighted by Crippen LogP contribution is 2.34. The summed E-state index contributed by atoms with van der Waals surface area (Å²) in [4.78, 5) is 12.4. The fourth-order valence-electron chi connectivity index (χ4n) is 1.73. The largest absolute Gasteiger partial charge is 0.461 e. The molecule has 1 heterocycles. The molecule has 0 N–H and O–H groups in total. The molecule has 2 atom stereocenters. The van der Waals surface area contributed by atoms with Crippen molar-refractivity contribution in [2.24, 2.45) is 0 Å². The van der Waals surface area contributed by atoms with Crippen molar-refractivity contribution in [3.8, 4) is 0 Å². The smallest absolute Gasteiger partial charge is 0.307 e. The predicted octanol–water partition coefficient (Wildman–Crippen LogP) is 2.87. The summed E-state index contributed by atoms with van der Waals surface area (Å²) in [5.74, 6) is -0.0599. The Labute approximate surface area is 94.0 Å². The molecule has 1 aliphatic rings. The van der Waals surface area contributed by atoms with E-state index < -0.39 is 0 Å². The zero-order chi connectivity index (χ0) is 10.7. The van der Waals surface area contributed by atoms with Crippen LogP contribution in [0.5, 0.6) is 0 Å². The van der Waals surface area contributed by atoms with Gasteiger partial charge in [-0.05, 0) is 18.6 Å². The number of carbonyl (C=O) groups is 1. The molecule has 1 fully saturated rings. The molecular weight excluding hydrogens is 208 g/mol. The van der Waals surface area contributed by atoms with Gasteiger partial charge in [-0.2, -0.15) is 0 Å². The summed E-state index contributed by atoms with van der Waals surface area (Å²) in [6.45, 7) is 2.06. The number of hydrogen-bond donors (Lipinski definition) is 0. The Morgan fingerprint density at radius 1 is 1.40 bits per heavy atom. The van der Waals surface area contributed by atoms with Gasteiger partial charge in [0, 0.05) is 4.90 Å². The van der Waals surface area contributed by atoms with E-state index in [0.29, 0.717) is 6.42 Å².